The van der Waals surface area contributed by atoms with E-state index in [0.717, 1.165) is 28.8 Å². The molecule has 6 heteroatoms. The summed E-state index contributed by atoms with van der Waals surface area (Å²) in [6, 6.07) is 0.152. The molecule has 0 bridgehead atoms. The van der Waals surface area contributed by atoms with Gasteiger partial charge in [0.05, 0.1) is 38.5 Å². The summed E-state index contributed by atoms with van der Waals surface area (Å²) in [5.74, 6) is 0. The lowest BCUT2D eigenvalue weighted by molar-refractivity contribution is 0.555. The molecule has 0 spiro atoms. The predicted octanol–water partition coefficient (Wildman–Crippen LogP) is 3.04. The summed E-state index contributed by atoms with van der Waals surface area (Å²) >= 11 is 5.27. The van der Waals surface area contributed by atoms with Gasteiger partial charge in [0.1, 0.15) is 0 Å². The second kappa shape index (κ2) is 5.95. The van der Waals surface area contributed by atoms with Crippen LogP contribution in [0, 0.1) is 6.92 Å². The molecule has 0 amide bonds. The minimum atomic E-state index is 0.152. The van der Waals surface area contributed by atoms with Crippen LogP contribution in [0.5, 0.6) is 0 Å². The number of thiazole rings is 1. The van der Waals surface area contributed by atoms with Crippen molar-refractivity contribution in [1.82, 2.24) is 20.1 Å². The fraction of sp³-hybridized carbons (Fsp3) is 0.500. The largest absolute Gasteiger partial charge is 0.304 e. The van der Waals surface area contributed by atoms with E-state index in [4.69, 9.17) is 0 Å². The molecule has 0 aliphatic rings. The molecule has 0 saturated carbocycles. The zero-order chi connectivity index (χ0) is 13.1. The van der Waals surface area contributed by atoms with Gasteiger partial charge in [-0.05, 0) is 35.8 Å². The first-order valence-corrected chi connectivity index (χ1v) is 7.63. The van der Waals surface area contributed by atoms with Crippen molar-refractivity contribution < 1.29 is 0 Å². The molecule has 18 heavy (non-hydrogen) atoms. The predicted molar refractivity (Wildman–Crippen MR) is 77.9 cm³/mol. The lowest BCUT2D eigenvalue weighted by atomic mass is 10.1. The molecule has 2 aromatic heterocycles. The van der Waals surface area contributed by atoms with Crippen LogP contribution in [-0.2, 0) is 7.05 Å². The molecule has 1 atom stereocenters. The number of nitrogens with one attached hydrogen (secondary N) is 1. The van der Waals surface area contributed by atoms with Crippen LogP contribution < -0.4 is 5.32 Å². The van der Waals surface area contributed by atoms with Gasteiger partial charge in [0.25, 0.3) is 0 Å². The number of hydrogen-bond acceptors (Lipinski definition) is 4. The van der Waals surface area contributed by atoms with Crippen molar-refractivity contribution in [3.8, 4) is 0 Å². The Labute approximate surface area is 120 Å². The van der Waals surface area contributed by atoms with Gasteiger partial charge in [0.2, 0.25) is 0 Å². The average Bonchev–Trinajstić information content (AvgIpc) is 2.90. The molecule has 2 heterocycles. The normalized spacial score (nSPS) is 12.9. The van der Waals surface area contributed by atoms with Crippen molar-refractivity contribution in [2.45, 2.75) is 26.3 Å². The molecule has 1 unspecified atom stereocenters. The Hall–Kier alpha value is -0.720. The van der Waals surface area contributed by atoms with E-state index in [1.165, 1.54) is 4.88 Å². The Morgan fingerprint density at radius 1 is 1.56 bits per heavy atom. The van der Waals surface area contributed by atoms with Gasteiger partial charge in [-0.25, -0.2) is 4.98 Å². The standard InChI is InChI=1S/C12H17BrN4S/c1-4-5-14-10(12-8(2)15-7-18-12)11-9(13)6-16-17(11)3/h6-7,10,14H,4-5H2,1-3H3. The molecular weight excluding hydrogens is 312 g/mol. The molecule has 0 radical (unpaired) electrons. The minimum absolute atomic E-state index is 0.152. The summed E-state index contributed by atoms with van der Waals surface area (Å²) in [5, 5.41) is 7.87. The Morgan fingerprint density at radius 3 is 2.83 bits per heavy atom. The molecule has 2 rings (SSSR count). The van der Waals surface area contributed by atoms with Crippen molar-refractivity contribution >= 4 is 27.3 Å². The van der Waals surface area contributed by atoms with E-state index >= 15 is 0 Å². The second-order valence-electron chi connectivity index (χ2n) is 4.19. The first-order chi connectivity index (χ1) is 8.65. The fourth-order valence-corrected chi connectivity index (χ4v) is 3.39. The Kier molecular flexibility index (Phi) is 4.53. The molecule has 0 saturated heterocycles. The lowest BCUT2D eigenvalue weighted by Crippen LogP contribution is -2.25. The maximum Gasteiger partial charge on any atom is 0.0872 e. The highest BCUT2D eigenvalue weighted by Crippen LogP contribution is 2.31. The molecule has 1 N–H and O–H groups in total. The summed E-state index contributed by atoms with van der Waals surface area (Å²) in [5.41, 5.74) is 4.13. The highest BCUT2D eigenvalue weighted by molar-refractivity contribution is 9.10. The summed E-state index contributed by atoms with van der Waals surface area (Å²) in [7, 11) is 1.97. The van der Waals surface area contributed by atoms with Gasteiger partial charge in [-0.15, -0.1) is 11.3 Å². The van der Waals surface area contributed by atoms with E-state index in [9.17, 15) is 0 Å². The third-order valence-electron chi connectivity index (χ3n) is 2.85. The number of halogens is 1. The summed E-state index contributed by atoms with van der Waals surface area (Å²) in [4.78, 5) is 5.61. The second-order valence-corrected chi connectivity index (χ2v) is 5.93. The number of aromatic nitrogens is 3. The minimum Gasteiger partial charge on any atom is -0.304 e. The van der Waals surface area contributed by atoms with Crippen LogP contribution in [-0.4, -0.2) is 21.3 Å². The molecule has 0 aromatic carbocycles. The summed E-state index contributed by atoms with van der Waals surface area (Å²) in [6.07, 6.45) is 2.94. The third kappa shape index (κ3) is 2.65. The molecule has 98 valence electrons. The van der Waals surface area contributed by atoms with Crippen molar-refractivity contribution in [1.29, 1.82) is 0 Å². The van der Waals surface area contributed by atoms with Gasteiger partial charge in [0, 0.05) is 7.05 Å². The first-order valence-electron chi connectivity index (χ1n) is 5.95. The van der Waals surface area contributed by atoms with Crippen LogP contribution in [0.25, 0.3) is 0 Å². The SMILES string of the molecule is CCCNC(c1scnc1C)c1c(Br)cnn1C. The van der Waals surface area contributed by atoms with Crippen molar-refractivity contribution in [3.05, 3.63) is 32.4 Å². The highest BCUT2D eigenvalue weighted by atomic mass is 79.9. The zero-order valence-electron chi connectivity index (χ0n) is 10.8. The highest BCUT2D eigenvalue weighted by Gasteiger charge is 2.23. The van der Waals surface area contributed by atoms with E-state index in [1.54, 1.807) is 11.3 Å². The molecule has 0 fully saturated rings. The van der Waals surface area contributed by atoms with Crippen LogP contribution >= 0.6 is 27.3 Å². The van der Waals surface area contributed by atoms with E-state index < -0.39 is 0 Å². The van der Waals surface area contributed by atoms with Crippen molar-refractivity contribution in [2.24, 2.45) is 7.05 Å². The number of hydrogen-bond donors (Lipinski definition) is 1. The van der Waals surface area contributed by atoms with Gasteiger partial charge in [0.15, 0.2) is 0 Å². The van der Waals surface area contributed by atoms with Gasteiger partial charge in [-0.1, -0.05) is 6.92 Å². The topological polar surface area (TPSA) is 42.7 Å². The van der Waals surface area contributed by atoms with E-state index in [1.807, 2.05) is 23.4 Å². The van der Waals surface area contributed by atoms with Crippen LogP contribution in [0.4, 0.5) is 0 Å². The monoisotopic (exact) mass is 328 g/mol. The zero-order valence-corrected chi connectivity index (χ0v) is 13.2. The van der Waals surface area contributed by atoms with E-state index in [0.29, 0.717) is 0 Å². The van der Waals surface area contributed by atoms with Crippen molar-refractivity contribution in [2.75, 3.05) is 6.54 Å². The molecular formula is C12H17BrN4S. The van der Waals surface area contributed by atoms with Crippen molar-refractivity contribution in [3.63, 3.8) is 0 Å². The number of nitrogens with zero attached hydrogens (tertiary/aromatic N) is 3. The smallest absolute Gasteiger partial charge is 0.0872 e. The summed E-state index contributed by atoms with van der Waals surface area (Å²) < 4.78 is 2.95. The van der Waals surface area contributed by atoms with E-state index in [2.05, 4.69) is 45.2 Å². The molecule has 0 aliphatic carbocycles. The Balaban J connectivity index is 2.40. The maximum absolute atomic E-state index is 4.35. The average molecular weight is 329 g/mol. The quantitative estimate of drug-likeness (QED) is 0.917. The van der Waals surface area contributed by atoms with Gasteiger partial charge in [-0.3, -0.25) is 4.68 Å². The van der Waals surface area contributed by atoms with E-state index in [-0.39, 0.29) is 6.04 Å². The van der Waals surface area contributed by atoms with Crippen LogP contribution in [0.2, 0.25) is 0 Å². The van der Waals surface area contributed by atoms with Crippen LogP contribution in [0.3, 0.4) is 0 Å². The number of rotatable bonds is 5. The van der Waals surface area contributed by atoms with Gasteiger partial charge < -0.3 is 5.32 Å². The van der Waals surface area contributed by atoms with Crippen LogP contribution in [0.15, 0.2) is 16.2 Å². The maximum atomic E-state index is 4.35. The third-order valence-corrected chi connectivity index (χ3v) is 4.46. The lowest BCUT2D eigenvalue weighted by Gasteiger charge is -2.18. The molecule has 4 nitrogen and oxygen atoms in total. The summed E-state index contributed by atoms with van der Waals surface area (Å²) in [6.45, 7) is 5.19. The Bertz CT molecular complexity index is 500. The Morgan fingerprint density at radius 2 is 2.33 bits per heavy atom. The fourth-order valence-electron chi connectivity index (χ4n) is 1.94. The number of aryl methyl sites for hydroxylation is 2. The molecule has 2 aromatic rings. The van der Waals surface area contributed by atoms with Crippen LogP contribution in [0.1, 0.15) is 35.7 Å². The van der Waals surface area contributed by atoms with Gasteiger partial charge in [-0.2, -0.15) is 5.10 Å². The first kappa shape index (κ1) is 13.7. The molecule has 0 aliphatic heterocycles. The van der Waals surface area contributed by atoms with Gasteiger partial charge >= 0.3 is 0 Å².